The number of hydrogen-bond acceptors (Lipinski definition) is 8. The Morgan fingerprint density at radius 3 is 2.55 bits per heavy atom. The quantitative estimate of drug-likeness (QED) is 0.181. The standard InChI is InChI=1S/C42H50F3N5O5/c1-40(2,36-23-30-24-46-16-14-34(30)54-36)49-19-18-48(33(26-49)38(52)47-17-15-42(43,44)45)25-31(51)21-29(20-27-10-6-5-7-11-27)39(53)50-37-32-13-9-8-12-28(32)22-35(37)55-41(50,3)4/h5-14,16,23-24,29,31,33,35,37,51H,15,17-22,25-26H2,1-4H3,(H,47,52)/t29-,31+,33+,35-,37+/m1/s1. The van der Waals surface area contributed by atoms with E-state index >= 15 is 0 Å². The van der Waals surface area contributed by atoms with Gasteiger partial charge >= 0.3 is 6.18 Å². The van der Waals surface area contributed by atoms with E-state index in [4.69, 9.17) is 9.15 Å². The van der Waals surface area contributed by atoms with Crippen molar-refractivity contribution in [2.24, 2.45) is 5.92 Å². The maximum atomic E-state index is 14.8. The van der Waals surface area contributed by atoms with Gasteiger partial charge in [0.05, 0.1) is 30.2 Å². The number of carbonyl (C=O) groups excluding carboxylic acids is 2. The monoisotopic (exact) mass is 761 g/mol. The molecular formula is C42H50F3N5O5. The Hall–Kier alpha value is -4.30. The average Bonchev–Trinajstić information content (AvgIpc) is 3.80. The number of piperazine rings is 1. The Kier molecular flexibility index (Phi) is 10.9. The van der Waals surface area contributed by atoms with Crippen LogP contribution in [-0.2, 0) is 32.7 Å². The molecular weight excluding hydrogens is 711 g/mol. The molecule has 5 atom stereocenters. The number of aliphatic hydroxyl groups excluding tert-OH is 1. The van der Waals surface area contributed by atoms with E-state index in [0.29, 0.717) is 37.3 Å². The minimum absolute atomic E-state index is 0.0509. The second-order valence-electron chi connectivity index (χ2n) is 16.1. The number of benzene rings is 2. The highest BCUT2D eigenvalue weighted by molar-refractivity contribution is 5.82. The summed E-state index contributed by atoms with van der Waals surface area (Å²) in [7, 11) is 0. The topological polar surface area (TPSA) is 111 Å². The van der Waals surface area contributed by atoms with Crippen molar-refractivity contribution in [3.8, 4) is 0 Å². The number of β-amino-alcohol motifs (C(OH)–C–C–N with tert-alkyl or cyclic N) is 1. The van der Waals surface area contributed by atoms with Crippen LogP contribution in [0, 0.1) is 5.92 Å². The second kappa shape index (κ2) is 15.3. The molecule has 13 heteroatoms. The Morgan fingerprint density at radius 2 is 1.80 bits per heavy atom. The van der Waals surface area contributed by atoms with Crippen molar-refractivity contribution in [2.75, 3.05) is 32.7 Å². The van der Waals surface area contributed by atoms with Crippen molar-refractivity contribution in [1.29, 1.82) is 0 Å². The van der Waals surface area contributed by atoms with Crippen LogP contribution in [0.5, 0.6) is 0 Å². The summed E-state index contributed by atoms with van der Waals surface area (Å²) < 4.78 is 51.9. The number of furan rings is 1. The fourth-order valence-corrected chi connectivity index (χ4v) is 8.74. The van der Waals surface area contributed by atoms with E-state index in [0.717, 1.165) is 22.1 Å². The van der Waals surface area contributed by atoms with Crippen molar-refractivity contribution < 1.29 is 37.0 Å². The molecule has 3 aliphatic rings. The molecule has 2 aliphatic heterocycles. The average molecular weight is 762 g/mol. The zero-order chi connectivity index (χ0) is 39.1. The lowest BCUT2D eigenvalue weighted by atomic mass is 9.90. The number of nitrogens with zero attached hydrogens (tertiary/aromatic N) is 4. The number of amides is 2. The number of aliphatic hydroxyl groups is 1. The number of rotatable bonds is 12. The van der Waals surface area contributed by atoms with Gasteiger partial charge in [0.2, 0.25) is 11.8 Å². The first-order chi connectivity index (χ1) is 26.1. The number of carbonyl (C=O) groups is 2. The molecule has 2 saturated heterocycles. The molecule has 294 valence electrons. The summed E-state index contributed by atoms with van der Waals surface area (Å²) in [6.45, 7) is 8.31. The van der Waals surface area contributed by atoms with E-state index < -0.39 is 54.4 Å². The zero-order valence-corrected chi connectivity index (χ0v) is 31.8. The second-order valence-corrected chi connectivity index (χ2v) is 16.1. The lowest BCUT2D eigenvalue weighted by molar-refractivity contribution is -0.153. The minimum Gasteiger partial charge on any atom is -0.459 e. The number of halogens is 3. The third-order valence-corrected chi connectivity index (χ3v) is 11.6. The molecule has 1 aliphatic carbocycles. The van der Waals surface area contributed by atoms with Gasteiger partial charge < -0.3 is 24.5 Å². The van der Waals surface area contributed by atoms with Crippen LogP contribution in [0.2, 0.25) is 0 Å². The smallest absolute Gasteiger partial charge is 0.390 e. The van der Waals surface area contributed by atoms with Gasteiger partial charge in [0.25, 0.3) is 0 Å². The van der Waals surface area contributed by atoms with Crippen LogP contribution in [0.4, 0.5) is 13.2 Å². The van der Waals surface area contributed by atoms with Gasteiger partial charge in [0, 0.05) is 62.8 Å². The van der Waals surface area contributed by atoms with Gasteiger partial charge in [-0.15, -0.1) is 0 Å². The van der Waals surface area contributed by atoms with Gasteiger partial charge in [0.15, 0.2) is 0 Å². The summed E-state index contributed by atoms with van der Waals surface area (Å²) in [6, 6.07) is 20.4. The lowest BCUT2D eigenvalue weighted by Gasteiger charge is -2.47. The van der Waals surface area contributed by atoms with Crippen molar-refractivity contribution >= 4 is 22.8 Å². The Morgan fingerprint density at radius 1 is 1.05 bits per heavy atom. The number of alkyl halides is 3. The Labute approximate surface area is 319 Å². The normalized spacial score (nSPS) is 22.7. The van der Waals surface area contributed by atoms with Crippen molar-refractivity contribution in [2.45, 2.75) is 95.1 Å². The first-order valence-electron chi connectivity index (χ1n) is 19.1. The van der Waals surface area contributed by atoms with Crippen LogP contribution in [-0.4, -0.2) is 99.5 Å². The van der Waals surface area contributed by atoms with Crippen LogP contribution in [0.15, 0.2) is 83.5 Å². The van der Waals surface area contributed by atoms with Crippen molar-refractivity contribution in [3.63, 3.8) is 0 Å². The first-order valence-corrected chi connectivity index (χ1v) is 19.1. The maximum Gasteiger partial charge on any atom is 0.390 e. The molecule has 2 fully saturated rings. The molecule has 2 N–H and O–H groups in total. The fourth-order valence-electron chi connectivity index (χ4n) is 8.74. The summed E-state index contributed by atoms with van der Waals surface area (Å²) in [5.74, 6) is -0.618. The highest BCUT2D eigenvalue weighted by atomic mass is 19.4. The molecule has 55 heavy (non-hydrogen) atoms. The predicted molar refractivity (Wildman–Crippen MR) is 201 cm³/mol. The number of fused-ring (bicyclic) bond motifs is 4. The van der Waals surface area contributed by atoms with Gasteiger partial charge in [-0.05, 0) is 69.4 Å². The summed E-state index contributed by atoms with van der Waals surface area (Å²) in [6.07, 6.45) is -2.19. The number of nitrogens with one attached hydrogen (secondary N) is 1. The molecule has 2 aromatic carbocycles. The molecule has 0 radical (unpaired) electrons. The first kappa shape index (κ1) is 39.0. The van der Waals surface area contributed by atoms with Gasteiger partial charge in [0.1, 0.15) is 23.1 Å². The molecule has 2 aromatic heterocycles. The van der Waals surface area contributed by atoms with Gasteiger partial charge in [-0.25, -0.2) is 0 Å². The molecule has 0 bridgehead atoms. The van der Waals surface area contributed by atoms with E-state index in [1.807, 2.05) is 86.0 Å². The molecule has 10 nitrogen and oxygen atoms in total. The van der Waals surface area contributed by atoms with Gasteiger partial charge in [-0.3, -0.25) is 24.4 Å². The Balaban J connectivity index is 1.11. The van der Waals surface area contributed by atoms with Gasteiger partial charge in [-0.1, -0.05) is 54.6 Å². The van der Waals surface area contributed by atoms with Crippen LogP contribution in [0.3, 0.4) is 0 Å². The van der Waals surface area contributed by atoms with E-state index in [9.17, 15) is 27.9 Å². The highest BCUT2D eigenvalue weighted by Gasteiger charge is 2.54. The van der Waals surface area contributed by atoms with Crippen LogP contribution >= 0.6 is 0 Å². The molecule has 0 saturated carbocycles. The molecule has 2 amide bonds. The Bertz CT molecular complexity index is 1950. The van der Waals surface area contributed by atoms with E-state index in [1.54, 1.807) is 18.5 Å². The SMILES string of the molecule is CC1(C)O[C@@H]2Cc3ccccc3[C@@H]2N1C(=O)[C@H](Cc1ccccc1)C[C@H](O)CN1CCN(C(C)(C)c2cc3cnccc3o2)C[C@H]1C(=O)NCCC(F)(F)F. The third-order valence-electron chi connectivity index (χ3n) is 11.6. The molecule has 0 unspecified atom stereocenters. The van der Waals surface area contributed by atoms with Gasteiger partial charge in [-0.2, -0.15) is 13.2 Å². The summed E-state index contributed by atoms with van der Waals surface area (Å²) in [5, 5.41) is 15.2. The summed E-state index contributed by atoms with van der Waals surface area (Å²) >= 11 is 0. The number of aromatic nitrogens is 1. The summed E-state index contributed by atoms with van der Waals surface area (Å²) in [5.41, 5.74) is 2.31. The van der Waals surface area contributed by atoms with E-state index in [-0.39, 0.29) is 37.6 Å². The maximum absolute atomic E-state index is 14.8. The van der Waals surface area contributed by atoms with Crippen molar-refractivity contribution in [1.82, 2.24) is 25.0 Å². The predicted octanol–water partition coefficient (Wildman–Crippen LogP) is 5.99. The molecule has 4 aromatic rings. The number of ether oxygens (including phenoxy) is 1. The largest absolute Gasteiger partial charge is 0.459 e. The third kappa shape index (κ3) is 8.30. The van der Waals surface area contributed by atoms with Crippen LogP contribution < -0.4 is 5.32 Å². The van der Waals surface area contributed by atoms with Crippen molar-refractivity contribution in [3.05, 3.63) is 102 Å². The van der Waals surface area contributed by atoms with E-state index in [2.05, 4.69) is 27.3 Å². The number of pyridine rings is 1. The van der Waals surface area contributed by atoms with E-state index in [1.165, 1.54) is 0 Å². The zero-order valence-electron chi connectivity index (χ0n) is 31.8. The van der Waals surface area contributed by atoms with Crippen LogP contribution in [0.1, 0.15) is 69.0 Å². The highest BCUT2D eigenvalue weighted by Crippen LogP contribution is 2.49. The number of hydrogen-bond donors (Lipinski definition) is 2. The summed E-state index contributed by atoms with van der Waals surface area (Å²) in [4.78, 5) is 38.5. The molecule has 4 heterocycles. The lowest BCUT2D eigenvalue weighted by Crippen LogP contribution is -2.63. The molecule has 0 spiro atoms. The fraction of sp³-hybridized carbons (Fsp3) is 0.500. The van der Waals surface area contributed by atoms with Crippen LogP contribution in [0.25, 0.3) is 11.0 Å². The minimum atomic E-state index is -4.42. The molecule has 7 rings (SSSR count).